The maximum Gasteiger partial charge on any atom is 0.257 e. The van der Waals surface area contributed by atoms with E-state index in [9.17, 15) is 9.59 Å². The van der Waals surface area contributed by atoms with Crippen LogP contribution in [0.4, 0.5) is 11.4 Å². The van der Waals surface area contributed by atoms with Crippen molar-refractivity contribution in [2.75, 3.05) is 10.6 Å². The quantitative estimate of drug-likeness (QED) is 0.904. The topological polar surface area (TPSA) is 58.2 Å². The Hall–Kier alpha value is -2.33. The Morgan fingerprint density at radius 1 is 1.05 bits per heavy atom. The molecule has 5 heteroatoms. The molecule has 0 saturated heterocycles. The summed E-state index contributed by atoms with van der Waals surface area (Å²) in [4.78, 5) is 23.3. The van der Waals surface area contributed by atoms with E-state index in [1.807, 2.05) is 13.0 Å². The molecule has 0 fully saturated rings. The average molecular weight is 303 g/mol. The van der Waals surface area contributed by atoms with Gasteiger partial charge < -0.3 is 10.6 Å². The SMILES string of the molecule is CC(=O)Nc1ccc(C)c(NC(=O)c2ccccc2Cl)c1. The second-order valence-corrected chi connectivity index (χ2v) is 5.05. The molecule has 0 spiro atoms. The number of amides is 2. The number of aryl methyl sites for hydroxylation is 1. The summed E-state index contributed by atoms with van der Waals surface area (Å²) >= 11 is 6.01. The Kier molecular flexibility index (Phi) is 4.60. The Balaban J connectivity index is 2.24. The van der Waals surface area contributed by atoms with E-state index in [0.29, 0.717) is 22.0 Å². The van der Waals surface area contributed by atoms with Crippen LogP contribution < -0.4 is 10.6 Å². The summed E-state index contributed by atoms with van der Waals surface area (Å²) in [6.07, 6.45) is 0. The predicted octanol–water partition coefficient (Wildman–Crippen LogP) is 3.86. The number of hydrogen-bond acceptors (Lipinski definition) is 2. The first-order valence-electron chi connectivity index (χ1n) is 6.41. The molecular weight excluding hydrogens is 288 g/mol. The highest BCUT2D eigenvalue weighted by Gasteiger charge is 2.11. The van der Waals surface area contributed by atoms with Crippen molar-refractivity contribution >= 4 is 34.8 Å². The van der Waals surface area contributed by atoms with Crippen LogP contribution in [0.5, 0.6) is 0 Å². The van der Waals surface area contributed by atoms with Crippen LogP contribution in [0.15, 0.2) is 42.5 Å². The Bertz CT molecular complexity index is 698. The van der Waals surface area contributed by atoms with E-state index in [4.69, 9.17) is 11.6 Å². The smallest absolute Gasteiger partial charge is 0.257 e. The second-order valence-electron chi connectivity index (χ2n) is 4.64. The molecule has 2 rings (SSSR count). The van der Waals surface area contributed by atoms with Gasteiger partial charge in [-0.15, -0.1) is 0 Å². The largest absolute Gasteiger partial charge is 0.326 e. The number of carbonyl (C=O) groups is 2. The number of halogens is 1. The summed E-state index contributed by atoms with van der Waals surface area (Å²) in [5.74, 6) is -0.453. The van der Waals surface area contributed by atoms with Crippen molar-refractivity contribution in [3.05, 3.63) is 58.6 Å². The fourth-order valence-corrected chi connectivity index (χ4v) is 2.09. The summed E-state index contributed by atoms with van der Waals surface area (Å²) in [5.41, 5.74) is 2.56. The number of carbonyl (C=O) groups excluding carboxylic acids is 2. The van der Waals surface area contributed by atoms with Crippen LogP contribution in [0, 0.1) is 6.92 Å². The molecule has 0 aliphatic carbocycles. The molecule has 0 saturated carbocycles. The summed E-state index contributed by atoms with van der Waals surface area (Å²) in [6.45, 7) is 3.31. The van der Waals surface area contributed by atoms with Gasteiger partial charge in [-0.1, -0.05) is 29.8 Å². The number of hydrogen-bond donors (Lipinski definition) is 2. The number of benzene rings is 2. The molecule has 0 aliphatic rings. The summed E-state index contributed by atoms with van der Waals surface area (Å²) in [7, 11) is 0. The molecule has 108 valence electrons. The lowest BCUT2D eigenvalue weighted by Gasteiger charge is -2.11. The van der Waals surface area contributed by atoms with Crippen LogP contribution in [0.25, 0.3) is 0 Å². The zero-order chi connectivity index (χ0) is 15.4. The lowest BCUT2D eigenvalue weighted by Crippen LogP contribution is -2.14. The molecule has 4 nitrogen and oxygen atoms in total. The van der Waals surface area contributed by atoms with Crippen molar-refractivity contribution < 1.29 is 9.59 Å². The number of anilines is 2. The van der Waals surface area contributed by atoms with Crippen LogP contribution in [-0.4, -0.2) is 11.8 Å². The third-order valence-electron chi connectivity index (χ3n) is 2.92. The molecule has 0 radical (unpaired) electrons. The third kappa shape index (κ3) is 3.83. The molecule has 2 amide bonds. The second kappa shape index (κ2) is 6.41. The monoisotopic (exact) mass is 302 g/mol. The molecule has 2 aromatic rings. The lowest BCUT2D eigenvalue weighted by atomic mass is 10.1. The molecule has 21 heavy (non-hydrogen) atoms. The molecule has 0 aromatic heterocycles. The van der Waals surface area contributed by atoms with Crippen molar-refractivity contribution in [2.45, 2.75) is 13.8 Å². The van der Waals surface area contributed by atoms with Crippen LogP contribution in [0.1, 0.15) is 22.8 Å². The van der Waals surface area contributed by atoms with Gasteiger partial charge in [-0.05, 0) is 36.8 Å². The van der Waals surface area contributed by atoms with Crippen LogP contribution in [-0.2, 0) is 4.79 Å². The highest BCUT2D eigenvalue weighted by molar-refractivity contribution is 6.34. The standard InChI is InChI=1S/C16H15ClN2O2/c1-10-7-8-12(18-11(2)20)9-15(10)19-16(21)13-5-3-4-6-14(13)17/h3-9H,1-2H3,(H,18,20)(H,19,21). The van der Waals surface area contributed by atoms with Gasteiger partial charge in [-0.2, -0.15) is 0 Å². The maximum atomic E-state index is 12.2. The minimum absolute atomic E-state index is 0.165. The fourth-order valence-electron chi connectivity index (χ4n) is 1.87. The number of nitrogens with one attached hydrogen (secondary N) is 2. The molecular formula is C16H15ClN2O2. The minimum Gasteiger partial charge on any atom is -0.326 e. The molecule has 0 aliphatic heterocycles. The predicted molar refractivity (Wildman–Crippen MR) is 84.9 cm³/mol. The first kappa shape index (κ1) is 15.1. The maximum absolute atomic E-state index is 12.2. The molecule has 0 unspecified atom stereocenters. The highest BCUT2D eigenvalue weighted by Crippen LogP contribution is 2.22. The van der Waals surface area contributed by atoms with Crippen molar-refractivity contribution in [2.24, 2.45) is 0 Å². The number of rotatable bonds is 3. The van der Waals surface area contributed by atoms with Gasteiger partial charge in [-0.25, -0.2) is 0 Å². The fraction of sp³-hybridized carbons (Fsp3) is 0.125. The van der Waals surface area contributed by atoms with Gasteiger partial charge >= 0.3 is 0 Å². The van der Waals surface area contributed by atoms with Gasteiger partial charge in [0.15, 0.2) is 0 Å². The van der Waals surface area contributed by atoms with Crippen molar-refractivity contribution in [3.63, 3.8) is 0 Å². The van der Waals surface area contributed by atoms with E-state index in [-0.39, 0.29) is 11.8 Å². The van der Waals surface area contributed by atoms with E-state index in [1.165, 1.54) is 6.92 Å². The van der Waals surface area contributed by atoms with Crippen LogP contribution in [0.2, 0.25) is 5.02 Å². The van der Waals surface area contributed by atoms with E-state index in [1.54, 1.807) is 36.4 Å². The van der Waals surface area contributed by atoms with Crippen molar-refractivity contribution in [1.82, 2.24) is 0 Å². The van der Waals surface area contributed by atoms with E-state index in [2.05, 4.69) is 10.6 Å². The van der Waals surface area contributed by atoms with Crippen LogP contribution >= 0.6 is 11.6 Å². The highest BCUT2D eigenvalue weighted by atomic mass is 35.5. The molecule has 2 aromatic carbocycles. The third-order valence-corrected chi connectivity index (χ3v) is 3.25. The first-order valence-corrected chi connectivity index (χ1v) is 6.79. The van der Waals surface area contributed by atoms with Crippen molar-refractivity contribution in [1.29, 1.82) is 0 Å². The summed E-state index contributed by atoms with van der Waals surface area (Å²) in [5, 5.41) is 5.88. The van der Waals surface area contributed by atoms with Crippen molar-refractivity contribution in [3.8, 4) is 0 Å². The molecule has 2 N–H and O–H groups in total. The normalized spacial score (nSPS) is 10.0. The van der Waals surface area contributed by atoms with E-state index in [0.717, 1.165) is 5.56 Å². The van der Waals surface area contributed by atoms with Gasteiger partial charge in [0.25, 0.3) is 5.91 Å². The minimum atomic E-state index is -0.288. The van der Waals surface area contributed by atoms with Crippen LogP contribution in [0.3, 0.4) is 0 Å². The summed E-state index contributed by atoms with van der Waals surface area (Å²) in [6, 6.07) is 12.2. The Morgan fingerprint density at radius 2 is 1.76 bits per heavy atom. The first-order chi connectivity index (χ1) is 9.97. The van der Waals surface area contributed by atoms with Gasteiger partial charge in [0.05, 0.1) is 10.6 Å². The van der Waals surface area contributed by atoms with Gasteiger partial charge in [0, 0.05) is 18.3 Å². The van der Waals surface area contributed by atoms with E-state index < -0.39 is 0 Å². The molecule has 0 heterocycles. The van der Waals surface area contributed by atoms with Gasteiger partial charge in [0.2, 0.25) is 5.91 Å². The zero-order valence-electron chi connectivity index (χ0n) is 11.7. The summed E-state index contributed by atoms with van der Waals surface area (Å²) < 4.78 is 0. The average Bonchev–Trinajstić information content (AvgIpc) is 2.42. The Morgan fingerprint density at radius 3 is 2.43 bits per heavy atom. The molecule has 0 atom stereocenters. The van der Waals surface area contributed by atoms with E-state index >= 15 is 0 Å². The van der Waals surface area contributed by atoms with Gasteiger partial charge in [0.1, 0.15) is 0 Å². The molecule has 0 bridgehead atoms. The van der Waals surface area contributed by atoms with Gasteiger partial charge in [-0.3, -0.25) is 9.59 Å². The zero-order valence-corrected chi connectivity index (χ0v) is 12.5. The Labute approximate surface area is 128 Å². The lowest BCUT2D eigenvalue weighted by molar-refractivity contribution is -0.114.